The first-order chi connectivity index (χ1) is 14.2. The predicted octanol–water partition coefficient (Wildman–Crippen LogP) is 4.24. The highest BCUT2D eigenvalue weighted by molar-refractivity contribution is 7.99. The Morgan fingerprint density at radius 1 is 1.07 bits per heavy atom. The van der Waals surface area contributed by atoms with Crippen LogP contribution in [0.15, 0.2) is 23.4 Å². The van der Waals surface area contributed by atoms with E-state index in [4.69, 9.17) is 9.47 Å². The molecule has 2 aliphatic heterocycles. The molecule has 6 nitrogen and oxygen atoms in total. The average molecular weight is 417 g/mol. The molecule has 2 fully saturated rings. The van der Waals surface area contributed by atoms with Crippen molar-refractivity contribution in [2.75, 3.05) is 37.0 Å². The van der Waals surface area contributed by atoms with E-state index in [0.717, 1.165) is 61.7 Å². The number of aryl methyl sites for hydroxylation is 2. The van der Waals surface area contributed by atoms with Gasteiger partial charge in [-0.25, -0.2) is 0 Å². The Morgan fingerprint density at radius 3 is 2.59 bits per heavy atom. The molecule has 3 heterocycles. The fourth-order valence-electron chi connectivity index (χ4n) is 4.18. The molecule has 2 aromatic rings. The lowest BCUT2D eigenvalue weighted by atomic mass is 10.1. The van der Waals surface area contributed by atoms with E-state index < -0.39 is 0 Å². The molecule has 7 heteroatoms. The van der Waals surface area contributed by atoms with Crippen LogP contribution in [0, 0.1) is 13.8 Å². The normalized spacial score (nSPS) is 19.7. The van der Waals surface area contributed by atoms with Crippen molar-refractivity contribution in [2.45, 2.75) is 63.8 Å². The summed E-state index contributed by atoms with van der Waals surface area (Å²) < 4.78 is 14.2. The molecule has 0 bridgehead atoms. The van der Waals surface area contributed by atoms with Crippen LogP contribution < -0.4 is 9.64 Å². The van der Waals surface area contributed by atoms with Crippen molar-refractivity contribution in [2.24, 2.45) is 0 Å². The predicted molar refractivity (Wildman–Crippen MR) is 117 cm³/mol. The third-order valence-corrected chi connectivity index (χ3v) is 6.46. The minimum absolute atomic E-state index is 0.278. The molecule has 4 rings (SSSR count). The summed E-state index contributed by atoms with van der Waals surface area (Å²) in [6.45, 7) is 8.72. The average Bonchev–Trinajstić information content (AvgIpc) is 3.36. The molecule has 158 valence electrons. The zero-order valence-electron chi connectivity index (χ0n) is 17.6. The van der Waals surface area contributed by atoms with Crippen LogP contribution in [0.25, 0.3) is 0 Å². The number of rotatable bonds is 8. The maximum atomic E-state index is 5.97. The summed E-state index contributed by atoms with van der Waals surface area (Å²) in [5.74, 6) is 2.80. The first-order valence-corrected chi connectivity index (χ1v) is 11.8. The molecule has 1 aromatic carbocycles. The van der Waals surface area contributed by atoms with E-state index in [-0.39, 0.29) is 6.10 Å². The van der Waals surface area contributed by atoms with Crippen molar-refractivity contribution < 1.29 is 9.47 Å². The number of aromatic nitrogens is 3. The van der Waals surface area contributed by atoms with E-state index in [2.05, 4.69) is 51.7 Å². The summed E-state index contributed by atoms with van der Waals surface area (Å²) in [6.07, 6.45) is 6.34. The van der Waals surface area contributed by atoms with Gasteiger partial charge in [-0.15, -0.1) is 10.2 Å². The Morgan fingerprint density at radius 2 is 1.86 bits per heavy atom. The van der Waals surface area contributed by atoms with Crippen molar-refractivity contribution in [3.05, 3.63) is 29.3 Å². The van der Waals surface area contributed by atoms with E-state index >= 15 is 0 Å². The van der Waals surface area contributed by atoms with Gasteiger partial charge in [0.05, 0.1) is 19.3 Å². The summed E-state index contributed by atoms with van der Waals surface area (Å²) in [5.41, 5.74) is 2.46. The zero-order valence-corrected chi connectivity index (χ0v) is 18.4. The third-order valence-electron chi connectivity index (χ3n) is 5.52. The Kier molecular flexibility index (Phi) is 6.98. The summed E-state index contributed by atoms with van der Waals surface area (Å²) in [5, 5.41) is 10.1. The number of thioether (sulfide) groups is 1. The van der Waals surface area contributed by atoms with E-state index in [9.17, 15) is 0 Å². The Bertz CT molecular complexity index is 778. The maximum absolute atomic E-state index is 5.97. The number of hydrogen-bond donors (Lipinski definition) is 0. The molecule has 0 amide bonds. The van der Waals surface area contributed by atoms with Crippen LogP contribution in [0.2, 0.25) is 0 Å². The molecule has 1 atom stereocenters. The topological polar surface area (TPSA) is 52.4 Å². The number of hydrogen-bond acceptors (Lipinski definition) is 6. The van der Waals surface area contributed by atoms with Gasteiger partial charge in [-0.3, -0.25) is 4.57 Å². The lowest BCUT2D eigenvalue weighted by Gasteiger charge is -2.28. The van der Waals surface area contributed by atoms with Gasteiger partial charge >= 0.3 is 0 Å². The molecular formula is C22H32N4O2S. The molecule has 0 aliphatic carbocycles. The smallest absolute Gasteiger partial charge is 0.228 e. The number of ether oxygens (including phenoxy) is 2. The first-order valence-electron chi connectivity index (χ1n) is 10.8. The van der Waals surface area contributed by atoms with Gasteiger partial charge in [0.25, 0.3) is 0 Å². The highest BCUT2D eigenvalue weighted by Gasteiger charge is 2.24. The van der Waals surface area contributed by atoms with Crippen LogP contribution in [0.5, 0.6) is 5.75 Å². The van der Waals surface area contributed by atoms with Gasteiger partial charge in [-0.2, -0.15) is 0 Å². The summed E-state index contributed by atoms with van der Waals surface area (Å²) >= 11 is 1.73. The minimum atomic E-state index is 0.278. The molecule has 0 unspecified atom stereocenters. The number of piperidine rings is 1. The van der Waals surface area contributed by atoms with Crippen LogP contribution in [0.4, 0.5) is 5.95 Å². The van der Waals surface area contributed by atoms with Crippen LogP contribution in [0.3, 0.4) is 0 Å². The van der Waals surface area contributed by atoms with Crippen molar-refractivity contribution in [3.63, 3.8) is 0 Å². The molecule has 0 radical (unpaired) electrons. The molecule has 0 N–H and O–H groups in total. The molecule has 2 aliphatic rings. The molecule has 29 heavy (non-hydrogen) atoms. The van der Waals surface area contributed by atoms with Gasteiger partial charge in [0, 0.05) is 25.4 Å². The monoisotopic (exact) mass is 416 g/mol. The summed E-state index contributed by atoms with van der Waals surface area (Å²) in [4.78, 5) is 2.39. The maximum Gasteiger partial charge on any atom is 0.228 e. The minimum Gasteiger partial charge on any atom is -0.493 e. The zero-order chi connectivity index (χ0) is 20.1. The van der Waals surface area contributed by atoms with E-state index in [1.54, 1.807) is 11.8 Å². The Labute approximate surface area is 178 Å². The fourth-order valence-corrected chi connectivity index (χ4v) is 4.94. The fraction of sp³-hybridized carbons (Fsp3) is 0.636. The number of anilines is 1. The van der Waals surface area contributed by atoms with E-state index in [1.165, 1.54) is 30.4 Å². The van der Waals surface area contributed by atoms with Gasteiger partial charge in [0.2, 0.25) is 5.95 Å². The second-order valence-electron chi connectivity index (χ2n) is 8.10. The quantitative estimate of drug-likeness (QED) is 0.474. The van der Waals surface area contributed by atoms with Crippen molar-refractivity contribution >= 4 is 17.7 Å². The van der Waals surface area contributed by atoms with Crippen LogP contribution in [-0.4, -0.2) is 52.9 Å². The SMILES string of the molecule is Cc1cc(C)cc(OCCSc2nnc(N3CCCCC3)n2C[C@@H]2CCCO2)c1. The van der Waals surface area contributed by atoms with Crippen LogP contribution >= 0.6 is 11.8 Å². The van der Waals surface area contributed by atoms with Gasteiger partial charge in [-0.05, 0) is 69.2 Å². The van der Waals surface area contributed by atoms with Gasteiger partial charge in [-0.1, -0.05) is 17.8 Å². The van der Waals surface area contributed by atoms with Gasteiger partial charge in [0.15, 0.2) is 5.16 Å². The molecule has 1 aromatic heterocycles. The standard InChI is InChI=1S/C22H32N4O2S/c1-17-13-18(2)15-20(14-17)28-11-12-29-22-24-23-21(25-8-4-3-5-9-25)26(22)16-19-7-6-10-27-19/h13-15,19H,3-12,16H2,1-2H3/t19-/m0/s1. The van der Waals surface area contributed by atoms with Crippen molar-refractivity contribution in [1.29, 1.82) is 0 Å². The number of nitrogens with zero attached hydrogens (tertiary/aromatic N) is 4. The summed E-state index contributed by atoms with van der Waals surface area (Å²) in [6, 6.07) is 6.34. The van der Waals surface area contributed by atoms with Crippen LogP contribution in [-0.2, 0) is 11.3 Å². The Hall–Kier alpha value is -1.73. The summed E-state index contributed by atoms with van der Waals surface area (Å²) in [7, 11) is 0. The number of benzene rings is 1. The van der Waals surface area contributed by atoms with Crippen molar-refractivity contribution in [3.8, 4) is 5.75 Å². The molecule has 2 saturated heterocycles. The van der Waals surface area contributed by atoms with Gasteiger partial charge in [0.1, 0.15) is 5.75 Å². The van der Waals surface area contributed by atoms with E-state index in [1.807, 2.05) is 0 Å². The first kappa shape index (κ1) is 20.5. The van der Waals surface area contributed by atoms with Crippen molar-refractivity contribution in [1.82, 2.24) is 14.8 Å². The van der Waals surface area contributed by atoms with E-state index in [0.29, 0.717) is 6.61 Å². The highest BCUT2D eigenvalue weighted by atomic mass is 32.2. The molecule has 0 saturated carbocycles. The second kappa shape index (κ2) is 9.85. The lowest BCUT2D eigenvalue weighted by molar-refractivity contribution is 0.0951. The molecular weight excluding hydrogens is 384 g/mol. The lowest BCUT2D eigenvalue weighted by Crippen LogP contribution is -2.33. The third kappa shape index (κ3) is 5.45. The Balaban J connectivity index is 1.39. The second-order valence-corrected chi connectivity index (χ2v) is 9.16. The highest BCUT2D eigenvalue weighted by Crippen LogP contribution is 2.27. The molecule has 0 spiro atoms. The van der Waals surface area contributed by atoms with Gasteiger partial charge < -0.3 is 14.4 Å². The van der Waals surface area contributed by atoms with Crippen LogP contribution in [0.1, 0.15) is 43.2 Å². The largest absolute Gasteiger partial charge is 0.493 e.